The number of aromatic nitrogens is 4. The molecule has 8 nitrogen and oxygen atoms in total. The third kappa shape index (κ3) is 1.43. The van der Waals surface area contributed by atoms with E-state index in [0.717, 1.165) is 0 Å². The van der Waals surface area contributed by atoms with Crippen molar-refractivity contribution in [3.8, 4) is 0 Å². The number of hydrogen-bond acceptors (Lipinski definition) is 8. The molecule has 0 fully saturated rings. The summed E-state index contributed by atoms with van der Waals surface area (Å²) < 4.78 is 9.19. The van der Waals surface area contributed by atoms with Gasteiger partial charge in [-0.05, 0) is 15.7 Å². The molecule has 1 unspecified atom stereocenters. The van der Waals surface area contributed by atoms with Gasteiger partial charge in [-0.2, -0.15) is 5.53 Å². The van der Waals surface area contributed by atoms with Gasteiger partial charge in [0.1, 0.15) is 9.91 Å². The van der Waals surface area contributed by atoms with Gasteiger partial charge in [0.05, 0.1) is 0 Å². The Labute approximate surface area is 74.9 Å². The normalized spacial score (nSPS) is 20.6. The van der Waals surface area contributed by atoms with Crippen LogP contribution in [0.5, 0.6) is 0 Å². The van der Waals surface area contributed by atoms with Crippen LogP contribution >= 0.6 is 10.8 Å². The summed E-state index contributed by atoms with van der Waals surface area (Å²) in [6, 6.07) is 0. The molecule has 0 radical (unpaired) electrons. The molecule has 2 rings (SSSR count). The minimum absolute atomic E-state index is 0. The summed E-state index contributed by atoms with van der Waals surface area (Å²) in [6.07, 6.45) is 0. The van der Waals surface area contributed by atoms with Gasteiger partial charge in [0.25, 0.3) is 0 Å². The third-order valence-electron chi connectivity index (χ3n) is 1.00. The molecule has 1 aromatic rings. The Hall–Kier alpha value is -1.03. The molecule has 0 aliphatic carbocycles. The molecule has 1 N–H and O–H groups in total. The Morgan fingerprint density at radius 1 is 1.67 bits per heavy atom. The first-order valence-corrected chi connectivity index (χ1v) is 5.35. The van der Waals surface area contributed by atoms with Crippen molar-refractivity contribution in [3.05, 3.63) is 0 Å². The summed E-state index contributed by atoms with van der Waals surface area (Å²) in [5.41, 5.74) is 2.40. The highest BCUT2D eigenvalue weighted by molar-refractivity contribution is 8.69. The van der Waals surface area contributed by atoms with E-state index in [1.165, 1.54) is 10.8 Å². The number of hydrogen-bond donors (Lipinski definition) is 1. The van der Waals surface area contributed by atoms with E-state index in [0.29, 0.717) is 5.16 Å². The fourth-order valence-corrected chi connectivity index (χ4v) is 2.42. The fourth-order valence-electron chi connectivity index (χ4n) is 0.518. The van der Waals surface area contributed by atoms with E-state index in [1.807, 2.05) is 0 Å². The van der Waals surface area contributed by atoms with Crippen molar-refractivity contribution >= 4 is 20.7 Å². The van der Waals surface area contributed by atoms with Gasteiger partial charge >= 0.3 is 0 Å². The minimum Gasteiger partial charge on any atom is -0.223 e. The van der Waals surface area contributed by atoms with Gasteiger partial charge in [0, 0.05) is 19.3 Å². The Bertz CT molecular complexity index is 344. The van der Waals surface area contributed by atoms with Crippen LogP contribution in [0.1, 0.15) is 1.43 Å². The van der Waals surface area contributed by atoms with Crippen LogP contribution in [0.15, 0.2) is 19.4 Å². The molecule has 1 aromatic heterocycles. The lowest BCUT2D eigenvalue weighted by Crippen LogP contribution is -1.93. The van der Waals surface area contributed by atoms with Crippen LogP contribution in [0.2, 0.25) is 0 Å². The first kappa shape index (κ1) is 7.61. The highest BCUT2D eigenvalue weighted by Gasteiger charge is 2.09. The zero-order chi connectivity index (χ0) is 8.39. The van der Waals surface area contributed by atoms with Crippen molar-refractivity contribution in [2.24, 2.45) is 21.3 Å². The summed E-state index contributed by atoms with van der Waals surface area (Å²) >= 11 is 0. The molecule has 0 saturated carbocycles. The maximum Gasteiger partial charge on any atom is 0.222 e. The molecule has 0 saturated heterocycles. The fraction of sp³-hybridized carbons (Fsp3) is 0.500. The maximum atomic E-state index is 3.85. The molecule has 0 spiro atoms. The molecule has 1 aliphatic rings. The van der Waals surface area contributed by atoms with E-state index in [2.05, 4.69) is 35.3 Å². The Balaban J connectivity index is 0.000000845. The summed E-state index contributed by atoms with van der Waals surface area (Å²) in [5, 5.41) is 15.1. The highest BCUT2D eigenvalue weighted by atomic mass is 33.1. The second kappa shape index (κ2) is 3.15. The average molecular weight is 206 g/mol. The standard InChI is InChI=1S/C2H4N8S2.H2/c1-10-2(3-4-7-10)11-12-8-5-6-9-12;/h1H3,(H,5,6,8,9);1H. The molecule has 2 heterocycles. The third-order valence-corrected chi connectivity index (χ3v) is 3.43. The Kier molecular flexibility index (Phi) is 1.99. The van der Waals surface area contributed by atoms with Gasteiger partial charge in [-0.15, -0.1) is 5.10 Å². The topological polar surface area (TPSA) is 92.7 Å². The van der Waals surface area contributed by atoms with E-state index in [1.54, 1.807) is 11.7 Å². The zero-order valence-corrected chi connectivity index (χ0v) is 7.58. The largest absolute Gasteiger partial charge is 0.223 e. The molecular weight excluding hydrogens is 200 g/mol. The zero-order valence-electron chi connectivity index (χ0n) is 5.95. The van der Waals surface area contributed by atoms with Gasteiger partial charge in [-0.3, -0.25) is 0 Å². The molecule has 0 amide bonds. The van der Waals surface area contributed by atoms with Crippen LogP contribution < -0.4 is 5.53 Å². The SMILES string of the molecule is Cn1nnnc1SS1=NNN=N1.[HH]. The van der Waals surface area contributed by atoms with E-state index in [-0.39, 0.29) is 1.43 Å². The van der Waals surface area contributed by atoms with Crippen molar-refractivity contribution < 1.29 is 1.43 Å². The lowest BCUT2D eigenvalue weighted by Gasteiger charge is -1.92. The Morgan fingerprint density at radius 3 is 3.17 bits per heavy atom. The lowest BCUT2D eigenvalue weighted by atomic mass is 11.2. The van der Waals surface area contributed by atoms with Crippen molar-refractivity contribution in [1.29, 1.82) is 0 Å². The van der Waals surface area contributed by atoms with E-state index >= 15 is 0 Å². The lowest BCUT2D eigenvalue weighted by molar-refractivity contribution is 0.666. The predicted octanol–water partition coefficient (Wildman–Crippen LogP) is 0.0655. The predicted molar refractivity (Wildman–Crippen MR) is 44.6 cm³/mol. The van der Waals surface area contributed by atoms with E-state index in [9.17, 15) is 0 Å². The van der Waals surface area contributed by atoms with Crippen LogP contribution in [-0.2, 0) is 17.0 Å². The molecule has 12 heavy (non-hydrogen) atoms. The van der Waals surface area contributed by atoms with Crippen LogP contribution in [0.25, 0.3) is 0 Å². The summed E-state index contributed by atoms with van der Waals surface area (Å²) in [5.74, 6) is 0. The smallest absolute Gasteiger partial charge is 0.222 e. The monoisotopic (exact) mass is 206 g/mol. The molecule has 0 aromatic carbocycles. The molecular formula is C2H6N8S2. The van der Waals surface area contributed by atoms with E-state index in [4.69, 9.17) is 0 Å². The van der Waals surface area contributed by atoms with Crippen molar-refractivity contribution in [3.63, 3.8) is 0 Å². The van der Waals surface area contributed by atoms with Gasteiger partial charge < -0.3 is 0 Å². The van der Waals surface area contributed by atoms with E-state index < -0.39 is 9.91 Å². The van der Waals surface area contributed by atoms with Gasteiger partial charge in [0.2, 0.25) is 5.16 Å². The molecule has 66 valence electrons. The van der Waals surface area contributed by atoms with Crippen LogP contribution in [-0.4, -0.2) is 20.2 Å². The number of tetrazole rings is 1. The first-order valence-electron chi connectivity index (χ1n) is 2.88. The Morgan fingerprint density at radius 2 is 2.58 bits per heavy atom. The summed E-state index contributed by atoms with van der Waals surface area (Å²) in [7, 11) is 2.56. The highest BCUT2D eigenvalue weighted by Crippen LogP contribution is 2.21. The van der Waals surface area contributed by atoms with Crippen LogP contribution in [0.4, 0.5) is 0 Å². The molecule has 1 atom stereocenters. The first-order chi connectivity index (χ1) is 5.86. The second-order valence-corrected chi connectivity index (χ2v) is 4.51. The van der Waals surface area contributed by atoms with Gasteiger partial charge in [-0.1, -0.05) is 8.99 Å². The van der Waals surface area contributed by atoms with Crippen LogP contribution in [0, 0.1) is 0 Å². The molecule has 10 heteroatoms. The summed E-state index contributed by atoms with van der Waals surface area (Å²) in [6.45, 7) is 0. The van der Waals surface area contributed by atoms with Crippen molar-refractivity contribution in [1.82, 2.24) is 25.7 Å². The second-order valence-electron chi connectivity index (χ2n) is 1.77. The summed E-state index contributed by atoms with van der Waals surface area (Å²) in [4.78, 5) is 0. The number of rotatable bonds is 2. The quantitative estimate of drug-likeness (QED) is 0.691. The minimum atomic E-state index is -0.541. The number of nitrogens with one attached hydrogen (secondary N) is 1. The van der Waals surface area contributed by atoms with Gasteiger partial charge in [-0.25, -0.2) is 4.68 Å². The molecule has 0 bridgehead atoms. The number of nitrogens with zero attached hydrogens (tertiary/aromatic N) is 7. The van der Waals surface area contributed by atoms with Gasteiger partial charge in [0.15, 0.2) is 0 Å². The average Bonchev–Trinajstić information content (AvgIpc) is 2.65. The maximum absolute atomic E-state index is 3.85. The van der Waals surface area contributed by atoms with Crippen LogP contribution in [0.3, 0.4) is 0 Å². The molecule has 1 aliphatic heterocycles. The van der Waals surface area contributed by atoms with Crippen molar-refractivity contribution in [2.45, 2.75) is 5.16 Å². The number of aryl methyl sites for hydroxylation is 1. The van der Waals surface area contributed by atoms with Crippen molar-refractivity contribution in [2.75, 3.05) is 0 Å².